The van der Waals surface area contributed by atoms with E-state index < -0.39 is 0 Å². The maximum Gasteiger partial charge on any atom is 0.138 e. The zero-order valence-corrected chi connectivity index (χ0v) is 14.4. The van der Waals surface area contributed by atoms with Gasteiger partial charge in [0.1, 0.15) is 16.8 Å². The van der Waals surface area contributed by atoms with Gasteiger partial charge in [0.2, 0.25) is 0 Å². The lowest BCUT2D eigenvalue weighted by Gasteiger charge is -2.12. The molecule has 104 valence electrons. The highest BCUT2D eigenvalue weighted by Gasteiger charge is 2.28. The largest absolute Gasteiger partial charge is 0.339 e. The second-order valence-electron chi connectivity index (χ2n) is 4.87. The molecule has 1 heterocycles. The van der Waals surface area contributed by atoms with Crippen LogP contribution in [0.15, 0.2) is 18.2 Å². The maximum atomic E-state index is 6.24. The SMILES string of the molecule is Cc1c(Cl)nc(C2CC2)nc1Nc1ccc(I)cc1Cl. The number of rotatable bonds is 3. The van der Waals surface area contributed by atoms with E-state index in [0.29, 0.717) is 16.1 Å². The molecular formula is C14H12Cl2IN3. The van der Waals surface area contributed by atoms with Gasteiger partial charge in [0.15, 0.2) is 0 Å². The van der Waals surface area contributed by atoms with Gasteiger partial charge in [-0.2, -0.15) is 0 Å². The summed E-state index contributed by atoms with van der Waals surface area (Å²) in [6, 6.07) is 5.84. The fourth-order valence-electron chi connectivity index (χ4n) is 1.87. The smallest absolute Gasteiger partial charge is 0.138 e. The number of nitrogens with one attached hydrogen (secondary N) is 1. The van der Waals surface area contributed by atoms with Crippen LogP contribution in [-0.4, -0.2) is 9.97 Å². The van der Waals surface area contributed by atoms with E-state index >= 15 is 0 Å². The summed E-state index contributed by atoms with van der Waals surface area (Å²) in [4.78, 5) is 8.94. The number of hydrogen-bond donors (Lipinski definition) is 1. The van der Waals surface area contributed by atoms with Gasteiger partial charge >= 0.3 is 0 Å². The molecule has 3 rings (SSSR count). The van der Waals surface area contributed by atoms with Crippen molar-refractivity contribution in [1.82, 2.24) is 9.97 Å². The first-order valence-electron chi connectivity index (χ1n) is 6.30. The Morgan fingerprint density at radius 3 is 2.65 bits per heavy atom. The third-order valence-electron chi connectivity index (χ3n) is 3.23. The molecule has 6 heteroatoms. The van der Waals surface area contributed by atoms with E-state index in [1.807, 2.05) is 25.1 Å². The van der Waals surface area contributed by atoms with Crippen LogP contribution in [-0.2, 0) is 0 Å². The first kappa shape index (κ1) is 14.4. The number of benzene rings is 1. The Kier molecular flexibility index (Phi) is 4.06. The van der Waals surface area contributed by atoms with Crippen LogP contribution in [0.1, 0.15) is 30.1 Å². The highest BCUT2D eigenvalue weighted by Crippen LogP contribution is 2.40. The zero-order chi connectivity index (χ0) is 14.3. The zero-order valence-electron chi connectivity index (χ0n) is 10.8. The summed E-state index contributed by atoms with van der Waals surface area (Å²) in [5.41, 5.74) is 1.66. The summed E-state index contributed by atoms with van der Waals surface area (Å²) in [6.45, 7) is 1.90. The van der Waals surface area contributed by atoms with E-state index in [2.05, 4.69) is 37.9 Å². The van der Waals surface area contributed by atoms with Crippen molar-refractivity contribution in [2.24, 2.45) is 0 Å². The molecule has 0 bridgehead atoms. The molecule has 20 heavy (non-hydrogen) atoms. The van der Waals surface area contributed by atoms with E-state index in [0.717, 1.165) is 39.3 Å². The predicted octanol–water partition coefficient (Wildman–Crippen LogP) is 5.32. The molecule has 2 aromatic rings. The fraction of sp³-hybridized carbons (Fsp3) is 0.286. The summed E-state index contributed by atoms with van der Waals surface area (Å²) >= 11 is 14.7. The molecule has 0 spiro atoms. The number of hydrogen-bond acceptors (Lipinski definition) is 3. The quantitative estimate of drug-likeness (QED) is 0.540. The third-order valence-corrected chi connectivity index (χ3v) is 4.58. The van der Waals surface area contributed by atoms with Gasteiger partial charge in [-0.15, -0.1) is 0 Å². The van der Waals surface area contributed by atoms with Crippen LogP contribution >= 0.6 is 45.8 Å². The van der Waals surface area contributed by atoms with Crippen LogP contribution in [0.4, 0.5) is 11.5 Å². The van der Waals surface area contributed by atoms with Gasteiger partial charge in [-0.05, 0) is 60.6 Å². The van der Waals surface area contributed by atoms with Crippen molar-refractivity contribution in [3.05, 3.63) is 43.3 Å². The first-order chi connectivity index (χ1) is 9.54. The van der Waals surface area contributed by atoms with E-state index in [4.69, 9.17) is 23.2 Å². The Labute approximate surface area is 141 Å². The van der Waals surface area contributed by atoms with E-state index in [-0.39, 0.29) is 0 Å². The third kappa shape index (κ3) is 3.02. The molecule has 1 aliphatic carbocycles. The van der Waals surface area contributed by atoms with E-state index in [9.17, 15) is 0 Å². The molecule has 1 aromatic heterocycles. The summed E-state index contributed by atoms with van der Waals surface area (Å²) in [5, 5.41) is 4.43. The molecule has 1 aromatic carbocycles. The Morgan fingerprint density at radius 2 is 2.00 bits per heavy atom. The molecule has 1 aliphatic rings. The number of nitrogens with zero attached hydrogens (tertiary/aromatic N) is 2. The van der Waals surface area contributed by atoms with Crippen LogP contribution in [0.2, 0.25) is 10.2 Å². The summed E-state index contributed by atoms with van der Waals surface area (Å²) in [5.74, 6) is 2.01. The minimum Gasteiger partial charge on any atom is -0.339 e. The molecule has 0 amide bonds. The Hall–Kier alpha value is -0.590. The first-order valence-corrected chi connectivity index (χ1v) is 8.14. The van der Waals surface area contributed by atoms with Crippen molar-refractivity contribution < 1.29 is 0 Å². The average molecular weight is 420 g/mol. The van der Waals surface area contributed by atoms with Crippen molar-refractivity contribution >= 4 is 57.3 Å². The molecule has 3 nitrogen and oxygen atoms in total. The minimum atomic E-state index is 0.459. The minimum absolute atomic E-state index is 0.459. The van der Waals surface area contributed by atoms with Crippen LogP contribution in [0.5, 0.6) is 0 Å². The van der Waals surface area contributed by atoms with Crippen molar-refractivity contribution in [2.45, 2.75) is 25.7 Å². The number of halogens is 3. The van der Waals surface area contributed by atoms with Gasteiger partial charge in [0.05, 0.1) is 10.7 Å². The van der Waals surface area contributed by atoms with Gasteiger partial charge in [-0.1, -0.05) is 23.2 Å². The van der Waals surface area contributed by atoms with Crippen molar-refractivity contribution in [2.75, 3.05) is 5.32 Å². The lowest BCUT2D eigenvalue weighted by atomic mass is 10.2. The summed E-state index contributed by atoms with van der Waals surface area (Å²) < 4.78 is 1.09. The highest BCUT2D eigenvalue weighted by atomic mass is 127. The molecule has 0 unspecified atom stereocenters. The Bertz CT molecular complexity index is 672. The van der Waals surface area contributed by atoms with Crippen LogP contribution in [0.3, 0.4) is 0 Å². The monoisotopic (exact) mass is 419 g/mol. The van der Waals surface area contributed by atoms with Crippen LogP contribution in [0, 0.1) is 10.5 Å². The van der Waals surface area contributed by atoms with Gasteiger partial charge in [-0.3, -0.25) is 0 Å². The molecule has 1 fully saturated rings. The molecule has 0 atom stereocenters. The molecular weight excluding hydrogens is 408 g/mol. The van der Waals surface area contributed by atoms with Crippen LogP contribution < -0.4 is 5.32 Å². The molecule has 1 saturated carbocycles. The van der Waals surface area contributed by atoms with Crippen molar-refractivity contribution in [3.63, 3.8) is 0 Å². The lowest BCUT2D eigenvalue weighted by Crippen LogP contribution is -2.03. The average Bonchev–Trinajstić information content (AvgIpc) is 3.22. The lowest BCUT2D eigenvalue weighted by molar-refractivity contribution is 0.922. The second kappa shape index (κ2) is 5.66. The predicted molar refractivity (Wildman–Crippen MR) is 91.2 cm³/mol. The molecule has 1 N–H and O–H groups in total. The highest BCUT2D eigenvalue weighted by molar-refractivity contribution is 14.1. The number of anilines is 2. The molecule has 0 radical (unpaired) electrons. The van der Waals surface area contributed by atoms with Gasteiger partial charge in [-0.25, -0.2) is 9.97 Å². The number of aromatic nitrogens is 2. The standard InChI is InChI=1S/C14H12Cl2IN3/c1-7-12(16)19-14(8-2-3-8)20-13(7)18-11-5-4-9(17)6-10(11)15/h4-6,8H,2-3H2,1H3,(H,18,19,20). The normalized spacial score (nSPS) is 14.4. The van der Waals surface area contributed by atoms with Crippen LogP contribution in [0.25, 0.3) is 0 Å². The van der Waals surface area contributed by atoms with Crippen molar-refractivity contribution in [3.8, 4) is 0 Å². The van der Waals surface area contributed by atoms with Gasteiger partial charge < -0.3 is 5.32 Å². The second-order valence-corrected chi connectivity index (χ2v) is 6.88. The Morgan fingerprint density at radius 1 is 1.25 bits per heavy atom. The topological polar surface area (TPSA) is 37.8 Å². The summed E-state index contributed by atoms with van der Waals surface area (Å²) in [6.07, 6.45) is 2.28. The van der Waals surface area contributed by atoms with E-state index in [1.165, 1.54) is 0 Å². The van der Waals surface area contributed by atoms with Crippen molar-refractivity contribution in [1.29, 1.82) is 0 Å². The Balaban J connectivity index is 1.97. The maximum absolute atomic E-state index is 6.24. The fourth-order valence-corrected chi connectivity index (χ4v) is 2.95. The van der Waals surface area contributed by atoms with Gasteiger partial charge in [0.25, 0.3) is 0 Å². The molecule has 0 saturated heterocycles. The summed E-state index contributed by atoms with van der Waals surface area (Å²) in [7, 11) is 0. The molecule has 0 aliphatic heterocycles. The van der Waals surface area contributed by atoms with E-state index in [1.54, 1.807) is 0 Å². The van der Waals surface area contributed by atoms with Gasteiger partial charge in [0, 0.05) is 15.1 Å².